The fourth-order valence-corrected chi connectivity index (χ4v) is 5.07. The molecule has 1 saturated carbocycles. The number of nitrogens with zero attached hydrogens (tertiary/aromatic N) is 2. The third-order valence-corrected chi connectivity index (χ3v) is 7.06. The fourth-order valence-electron chi connectivity index (χ4n) is 5.07. The lowest BCUT2D eigenvalue weighted by molar-refractivity contribution is -0.133. The van der Waals surface area contributed by atoms with Gasteiger partial charge in [0.05, 0.1) is 5.69 Å². The highest BCUT2D eigenvalue weighted by atomic mass is 19.1. The lowest BCUT2D eigenvalue weighted by Gasteiger charge is -2.39. The highest BCUT2D eigenvalue weighted by Gasteiger charge is 2.27. The molecule has 1 aromatic rings. The number of anilines is 2. The van der Waals surface area contributed by atoms with Crippen molar-refractivity contribution in [2.75, 3.05) is 49.5 Å². The number of piperazine rings is 1. The molecule has 170 valence electrons. The third kappa shape index (κ3) is 5.54. The smallest absolute Gasteiger partial charge is 0.249 e. The van der Waals surface area contributed by atoms with Crippen molar-refractivity contribution in [2.45, 2.75) is 44.6 Å². The molecule has 2 saturated heterocycles. The van der Waals surface area contributed by atoms with E-state index in [0.29, 0.717) is 30.1 Å². The largest absolute Gasteiger partial charge is 0.374 e. The zero-order chi connectivity index (χ0) is 21.8. The maximum absolute atomic E-state index is 14.8. The van der Waals surface area contributed by atoms with Gasteiger partial charge in [-0.25, -0.2) is 4.39 Å². The predicted molar refractivity (Wildman–Crippen MR) is 119 cm³/mol. The van der Waals surface area contributed by atoms with Crippen molar-refractivity contribution in [3.05, 3.63) is 24.0 Å². The zero-order valence-electron chi connectivity index (χ0n) is 18.1. The SMILES string of the molecule is NCC1CCC(CN2CCN(c3ccc(NC4CCC(=O)NC4=O)cc3F)CC2)CC1. The van der Waals surface area contributed by atoms with Crippen molar-refractivity contribution in [3.8, 4) is 0 Å². The molecule has 0 bridgehead atoms. The van der Waals surface area contributed by atoms with E-state index in [1.165, 1.54) is 31.7 Å². The summed E-state index contributed by atoms with van der Waals surface area (Å²) in [5, 5.41) is 5.36. The minimum Gasteiger partial charge on any atom is -0.374 e. The van der Waals surface area contributed by atoms with Crippen molar-refractivity contribution in [1.82, 2.24) is 10.2 Å². The van der Waals surface area contributed by atoms with E-state index in [-0.39, 0.29) is 17.6 Å². The summed E-state index contributed by atoms with van der Waals surface area (Å²) in [6.07, 6.45) is 5.78. The van der Waals surface area contributed by atoms with Crippen molar-refractivity contribution in [1.29, 1.82) is 0 Å². The maximum atomic E-state index is 14.8. The monoisotopic (exact) mass is 431 g/mol. The highest BCUT2D eigenvalue weighted by Crippen LogP contribution is 2.30. The van der Waals surface area contributed by atoms with Crippen LogP contribution in [0.5, 0.6) is 0 Å². The van der Waals surface area contributed by atoms with Gasteiger partial charge < -0.3 is 16.0 Å². The standard InChI is InChI=1S/C23H34FN5O2/c24-19-13-18(26-20-6-8-22(30)27-23(20)31)5-7-21(19)29-11-9-28(10-12-29)15-17-3-1-16(14-25)2-4-17/h5,7,13,16-17,20,26H,1-4,6,8-12,14-15,25H2,(H,27,30,31). The van der Waals surface area contributed by atoms with Crippen LogP contribution in [0.3, 0.4) is 0 Å². The van der Waals surface area contributed by atoms with Gasteiger partial charge in [0, 0.05) is 44.8 Å². The van der Waals surface area contributed by atoms with Crippen LogP contribution in [0.1, 0.15) is 38.5 Å². The summed E-state index contributed by atoms with van der Waals surface area (Å²) in [4.78, 5) is 27.8. The van der Waals surface area contributed by atoms with Crippen LogP contribution in [0.2, 0.25) is 0 Å². The summed E-state index contributed by atoms with van der Waals surface area (Å²) in [6.45, 7) is 5.49. The Kier molecular flexibility index (Phi) is 7.07. The van der Waals surface area contributed by atoms with Gasteiger partial charge in [0.2, 0.25) is 11.8 Å². The molecule has 7 nitrogen and oxygen atoms in total. The van der Waals surface area contributed by atoms with Crippen molar-refractivity contribution in [2.24, 2.45) is 17.6 Å². The van der Waals surface area contributed by atoms with Gasteiger partial charge in [0.15, 0.2) is 0 Å². The van der Waals surface area contributed by atoms with E-state index in [9.17, 15) is 14.0 Å². The van der Waals surface area contributed by atoms with Crippen LogP contribution in [0, 0.1) is 17.7 Å². The summed E-state index contributed by atoms with van der Waals surface area (Å²) in [5.41, 5.74) is 6.97. The molecule has 8 heteroatoms. The number of nitrogens with one attached hydrogen (secondary N) is 2. The molecule has 4 N–H and O–H groups in total. The Morgan fingerprint density at radius 3 is 2.39 bits per heavy atom. The minimum absolute atomic E-state index is 0.257. The van der Waals surface area contributed by atoms with Gasteiger partial charge in [-0.1, -0.05) is 0 Å². The summed E-state index contributed by atoms with van der Waals surface area (Å²) in [7, 11) is 0. The molecule has 1 atom stereocenters. The van der Waals surface area contributed by atoms with Gasteiger partial charge in [-0.3, -0.25) is 19.8 Å². The van der Waals surface area contributed by atoms with E-state index in [1.807, 2.05) is 6.07 Å². The molecule has 0 spiro atoms. The Labute approximate surface area is 183 Å². The number of amides is 2. The van der Waals surface area contributed by atoms with Crippen molar-refractivity contribution < 1.29 is 14.0 Å². The first-order chi connectivity index (χ1) is 15.0. The van der Waals surface area contributed by atoms with Crippen LogP contribution in [-0.4, -0.2) is 62.0 Å². The average Bonchev–Trinajstić information content (AvgIpc) is 2.77. The highest BCUT2D eigenvalue weighted by molar-refractivity contribution is 6.01. The third-order valence-electron chi connectivity index (χ3n) is 7.06. The number of benzene rings is 1. The Morgan fingerprint density at radius 2 is 1.74 bits per heavy atom. The quantitative estimate of drug-likeness (QED) is 0.597. The molecule has 0 radical (unpaired) electrons. The van der Waals surface area contributed by atoms with Gasteiger partial charge in [-0.15, -0.1) is 0 Å². The number of rotatable bonds is 6. The Balaban J connectivity index is 1.27. The van der Waals surface area contributed by atoms with Crippen LogP contribution in [0.4, 0.5) is 15.8 Å². The Bertz CT molecular complexity index is 788. The fraction of sp³-hybridized carbons (Fsp3) is 0.652. The number of halogens is 1. The van der Waals surface area contributed by atoms with Crippen molar-refractivity contribution >= 4 is 23.2 Å². The summed E-state index contributed by atoms with van der Waals surface area (Å²) in [6, 6.07) is 4.53. The molecule has 31 heavy (non-hydrogen) atoms. The van der Waals surface area contributed by atoms with Gasteiger partial charge in [-0.05, 0) is 68.7 Å². The number of hydrogen-bond donors (Lipinski definition) is 3. The molecule has 2 heterocycles. The summed E-state index contributed by atoms with van der Waals surface area (Å²) < 4.78 is 14.8. The molecule has 3 aliphatic rings. The topological polar surface area (TPSA) is 90.7 Å². The average molecular weight is 432 g/mol. The second-order valence-electron chi connectivity index (χ2n) is 9.22. The Morgan fingerprint density at radius 1 is 1.03 bits per heavy atom. The van der Waals surface area contributed by atoms with Gasteiger partial charge in [0.25, 0.3) is 0 Å². The van der Waals surface area contributed by atoms with E-state index in [4.69, 9.17) is 5.73 Å². The molecular weight excluding hydrogens is 397 g/mol. The predicted octanol–water partition coefficient (Wildman–Crippen LogP) is 1.93. The molecule has 1 aliphatic carbocycles. The maximum Gasteiger partial charge on any atom is 0.249 e. The van der Waals surface area contributed by atoms with E-state index in [0.717, 1.165) is 45.2 Å². The number of carbonyl (C=O) groups is 2. The van der Waals surface area contributed by atoms with E-state index >= 15 is 0 Å². The number of nitrogens with two attached hydrogens (primary N) is 1. The lowest BCUT2D eigenvalue weighted by atomic mass is 9.82. The first-order valence-corrected chi connectivity index (χ1v) is 11.6. The molecule has 4 rings (SSSR count). The van der Waals surface area contributed by atoms with Crippen LogP contribution in [0.15, 0.2) is 18.2 Å². The van der Waals surface area contributed by atoms with Gasteiger partial charge in [-0.2, -0.15) is 0 Å². The molecule has 2 aliphatic heterocycles. The second-order valence-corrected chi connectivity index (χ2v) is 9.22. The molecule has 3 fully saturated rings. The summed E-state index contributed by atoms with van der Waals surface area (Å²) >= 11 is 0. The lowest BCUT2D eigenvalue weighted by Crippen LogP contribution is -2.48. The van der Waals surface area contributed by atoms with E-state index < -0.39 is 6.04 Å². The van der Waals surface area contributed by atoms with Gasteiger partial charge in [0.1, 0.15) is 11.9 Å². The molecule has 2 amide bonds. The zero-order valence-corrected chi connectivity index (χ0v) is 18.1. The van der Waals surface area contributed by atoms with Crippen molar-refractivity contribution in [3.63, 3.8) is 0 Å². The molecule has 0 aromatic heterocycles. The van der Waals surface area contributed by atoms with Crippen LogP contribution in [0.25, 0.3) is 0 Å². The minimum atomic E-state index is -0.508. The first kappa shape index (κ1) is 22.0. The second kappa shape index (κ2) is 9.96. The van der Waals surface area contributed by atoms with Gasteiger partial charge >= 0.3 is 0 Å². The number of carbonyl (C=O) groups excluding carboxylic acids is 2. The molecule has 1 unspecified atom stereocenters. The molecular formula is C23H34FN5O2. The first-order valence-electron chi connectivity index (χ1n) is 11.6. The van der Waals surface area contributed by atoms with Crippen LogP contribution < -0.4 is 21.3 Å². The number of hydrogen-bond acceptors (Lipinski definition) is 6. The van der Waals surface area contributed by atoms with Crippen LogP contribution in [-0.2, 0) is 9.59 Å². The number of piperidine rings is 1. The summed E-state index contributed by atoms with van der Waals surface area (Å²) in [5.74, 6) is 0.582. The molecule has 1 aromatic carbocycles. The van der Waals surface area contributed by atoms with E-state index in [1.54, 1.807) is 6.07 Å². The number of imide groups is 1. The van der Waals surface area contributed by atoms with Crippen LogP contribution >= 0.6 is 0 Å². The normalized spacial score (nSPS) is 27.8. The van der Waals surface area contributed by atoms with E-state index in [2.05, 4.69) is 20.4 Å². The Hall–Kier alpha value is -2.19.